The molecule has 0 saturated heterocycles. The highest BCUT2D eigenvalue weighted by Gasteiger charge is 2.32. The Labute approximate surface area is 178 Å². The molecule has 4 rings (SSSR count). The second-order valence-corrected chi connectivity index (χ2v) is 7.70. The maximum Gasteiger partial charge on any atom is 0.252 e. The largest absolute Gasteiger partial charge is 0.365 e. The number of primary amides is 1. The number of rotatable bonds is 8. The summed E-state index contributed by atoms with van der Waals surface area (Å²) in [5, 5.41) is 14.3. The number of carbonyl (C=O) groups excluding carboxylic acids is 1. The second-order valence-electron chi connectivity index (χ2n) is 7.70. The summed E-state index contributed by atoms with van der Waals surface area (Å²) in [6, 6.07) is 2.50. The van der Waals surface area contributed by atoms with Crippen LogP contribution in [0.25, 0.3) is 5.69 Å². The van der Waals surface area contributed by atoms with Crippen LogP contribution in [0.4, 0.5) is 21.7 Å². The molecule has 11 heteroatoms. The van der Waals surface area contributed by atoms with Gasteiger partial charge in [-0.15, -0.1) is 4.80 Å². The molecular formula is C20H24FN9O. The normalized spacial score (nSPS) is 15.4. The molecule has 10 nitrogen and oxygen atoms in total. The molecule has 162 valence electrons. The molecule has 1 aliphatic rings. The molecular weight excluding hydrogens is 401 g/mol. The van der Waals surface area contributed by atoms with E-state index in [1.807, 2.05) is 13.8 Å². The van der Waals surface area contributed by atoms with E-state index in [0.717, 1.165) is 18.9 Å². The number of aryl methyl sites for hydroxylation is 1. The summed E-state index contributed by atoms with van der Waals surface area (Å²) in [7, 11) is 0. The van der Waals surface area contributed by atoms with Crippen LogP contribution in [0.15, 0.2) is 30.7 Å². The van der Waals surface area contributed by atoms with Crippen LogP contribution >= 0.6 is 0 Å². The van der Waals surface area contributed by atoms with Gasteiger partial charge in [-0.1, -0.05) is 0 Å². The Kier molecular flexibility index (Phi) is 5.51. The van der Waals surface area contributed by atoms with Crippen LogP contribution in [0.1, 0.15) is 35.8 Å². The standard InChI is InChI=1S/C20H24FN9O/c1-10-16(30-25-5-6-26-30)7-13(9-24-10)28-19-14(18(23)31)8-15(21)20(29-19)27-11(2)17(22)12-3-4-12/h5-9,11-12,17H,3-4,22H2,1-2H3,(H2,23,31)(H2,27,28,29)/t11-,17+/m1/s1. The van der Waals surface area contributed by atoms with Crippen LogP contribution < -0.4 is 22.1 Å². The van der Waals surface area contributed by atoms with Crippen molar-refractivity contribution < 1.29 is 9.18 Å². The Morgan fingerprint density at radius 3 is 2.61 bits per heavy atom. The van der Waals surface area contributed by atoms with E-state index in [-0.39, 0.29) is 29.3 Å². The van der Waals surface area contributed by atoms with Crippen molar-refractivity contribution >= 4 is 23.2 Å². The lowest BCUT2D eigenvalue weighted by atomic mass is 10.1. The SMILES string of the molecule is Cc1ncc(Nc2nc(N[C@H](C)[C@H](N)C3CC3)c(F)cc2C(N)=O)cc1-n1nccn1. The van der Waals surface area contributed by atoms with Gasteiger partial charge in [0.1, 0.15) is 11.5 Å². The summed E-state index contributed by atoms with van der Waals surface area (Å²) in [6.45, 7) is 3.70. The molecule has 2 atom stereocenters. The van der Waals surface area contributed by atoms with Gasteiger partial charge in [0.2, 0.25) is 0 Å². The number of pyridine rings is 2. The predicted molar refractivity (Wildman–Crippen MR) is 114 cm³/mol. The molecule has 3 heterocycles. The average Bonchev–Trinajstić information content (AvgIpc) is 3.44. The van der Waals surface area contributed by atoms with Crippen LogP contribution in [0.3, 0.4) is 0 Å². The number of nitrogens with two attached hydrogens (primary N) is 2. The molecule has 3 aromatic heterocycles. The van der Waals surface area contributed by atoms with Gasteiger partial charge in [0.25, 0.3) is 5.91 Å². The first kappa shape index (κ1) is 20.7. The summed E-state index contributed by atoms with van der Waals surface area (Å²) in [6.07, 6.45) is 6.82. The molecule has 1 fully saturated rings. The molecule has 1 aliphatic carbocycles. The number of nitrogens with zero attached hydrogens (tertiary/aromatic N) is 5. The van der Waals surface area contributed by atoms with Gasteiger partial charge < -0.3 is 22.1 Å². The number of hydrogen-bond donors (Lipinski definition) is 4. The maximum atomic E-state index is 14.6. The van der Waals surface area contributed by atoms with Gasteiger partial charge in [0.15, 0.2) is 11.6 Å². The van der Waals surface area contributed by atoms with Crippen molar-refractivity contribution in [2.45, 2.75) is 38.8 Å². The quantitative estimate of drug-likeness (QED) is 0.427. The highest BCUT2D eigenvalue weighted by Crippen LogP contribution is 2.34. The van der Waals surface area contributed by atoms with E-state index in [2.05, 4.69) is 30.8 Å². The molecule has 1 saturated carbocycles. The first-order chi connectivity index (χ1) is 14.8. The van der Waals surface area contributed by atoms with Crippen molar-refractivity contribution in [2.24, 2.45) is 17.4 Å². The Bertz CT molecular complexity index is 1100. The monoisotopic (exact) mass is 425 g/mol. The zero-order valence-electron chi connectivity index (χ0n) is 17.2. The van der Waals surface area contributed by atoms with Gasteiger partial charge in [-0.2, -0.15) is 10.2 Å². The minimum absolute atomic E-state index is 0.00913. The summed E-state index contributed by atoms with van der Waals surface area (Å²) in [4.78, 5) is 21.9. The van der Waals surface area contributed by atoms with E-state index >= 15 is 0 Å². The molecule has 6 N–H and O–H groups in total. The smallest absolute Gasteiger partial charge is 0.252 e. The van der Waals surface area contributed by atoms with Gasteiger partial charge in [-0.3, -0.25) is 9.78 Å². The molecule has 3 aromatic rings. The van der Waals surface area contributed by atoms with Gasteiger partial charge in [0, 0.05) is 12.1 Å². The Balaban J connectivity index is 1.65. The maximum absolute atomic E-state index is 14.6. The molecule has 0 unspecified atom stereocenters. The highest BCUT2D eigenvalue weighted by atomic mass is 19.1. The summed E-state index contributed by atoms with van der Waals surface area (Å²) < 4.78 is 14.6. The number of carbonyl (C=O) groups is 1. The molecule has 1 amide bonds. The van der Waals surface area contributed by atoms with Crippen LogP contribution in [0.2, 0.25) is 0 Å². The van der Waals surface area contributed by atoms with Gasteiger partial charge in [-0.05, 0) is 44.7 Å². The average molecular weight is 425 g/mol. The molecule has 0 spiro atoms. The van der Waals surface area contributed by atoms with E-state index < -0.39 is 11.7 Å². The summed E-state index contributed by atoms with van der Waals surface area (Å²) in [5.74, 6) is -0.963. The number of aromatic nitrogens is 5. The number of amides is 1. The third kappa shape index (κ3) is 4.45. The lowest BCUT2D eigenvalue weighted by Gasteiger charge is -2.22. The van der Waals surface area contributed by atoms with Crippen molar-refractivity contribution in [3.63, 3.8) is 0 Å². The zero-order valence-corrected chi connectivity index (χ0v) is 17.2. The Morgan fingerprint density at radius 1 is 1.26 bits per heavy atom. The minimum Gasteiger partial charge on any atom is -0.365 e. The van der Waals surface area contributed by atoms with Crippen molar-refractivity contribution in [2.75, 3.05) is 10.6 Å². The van der Waals surface area contributed by atoms with Crippen LogP contribution in [0, 0.1) is 18.7 Å². The van der Waals surface area contributed by atoms with Crippen molar-refractivity contribution in [1.29, 1.82) is 0 Å². The fraction of sp³-hybridized carbons (Fsp3) is 0.350. The number of anilines is 3. The first-order valence-electron chi connectivity index (χ1n) is 9.96. The molecule has 0 aliphatic heterocycles. The van der Waals surface area contributed by atoms with Crippen LogP contribution in [0.5, 0.6) is 0 Å². The van der Waals surface area contributed by atoms with Crippen LogP contribution in [-0.4, -0.2) is 43.0 Å². The van der Waals surface area contributed by atoms with Gasteiger partial charge in [0.05, 0.1) is 35.5 Å². The van der Waals surface area contributed by atoms with Crippen molar-refractivity contribution in [3.05, 3.63) is 47.8 Å². The van der Waals surface area contributed by atoms with Gasteiger partial charge in [-0.25, -0.2) is 9.37 Å². The van der Waals surface area contributed by atoms with Crippen LogP contribution in [-0.2, 0) is 0 Å². The second kappa shape index (κ2) is 8.26. The first-order valence-corrected chi connectivity index (χ1v) is 9.96. The van der Waals surface area contributed by atoms with E-state index in [4.69, 9.17) is 11.5 Å². The Hall–Kier alpha value is -3.60. The van der Waals surface area contributed by atoms with E-state index in [1.54, 1.807) is 24.7 Å². The van der Waals surface area contributed by atoms with Crippen molar-refractivity contribution in [3.8, 4) is 5.69 Å². The van der Waals surface area contributed by atoms with E-state index in [9.17, 15) is 9.18 Å². The van der Waals surface area contributed by atoms with E-state index in [0.29, 0.717) is 23.0 Å². The number of nitrogens with one attached hydrogen (secondary N) is 2. The fourth-order valence-electron chi connectivity index (χ4n) is 3.34. The third-order valence-electron chi connectivity index (χ3n) is 5.31. The molecule has 0 aromatic carbocycles. The molecule has 31 heavy (non-hydrogen) atoms. The van der Waals surface area contributed by atoms with Crippen molar-refractivity contribution in [1.82, 2.24) is 25.0 Å². The third-order valence-corrected chi connectivity index (χ3v) is 5.31. The number of hydrogen-bond acceptors (Lipinski definition) is 8. The predicted octanol–water partition coefficient (Wildman–Crippen LogP) is 1.89. The lowest BCUT2D eigenvalue weighted by Crippen LogP contribution is -2.40. The summed E-state index contributed by atoms with van der Waals surface area (Å²) >= 11 is 0. The topological polar surface area (TPSA) is 150 Å². The van der Waals surface area contributed by atoms with E-state index in [1.165, 1.54) is 4.80 Å². The highest BCUT2D eigenvalue weighted by molar-refractivity contribution is 5.98. The molecule has 0 bridgehead atoms. The molecule has 0 radical (unpaired) electrons. The van der Waals surface area contributed by atoms with Gasteiger partial charge >= 0.3 is 0 Å². The Morgan fingerprint density at radius 2 is 1.97 bits per heavy atom. The fourth-order valence-corrected chi connectivity index (χ4v) is 3.34. The lowest BCUT2D eigenvalue weighted by molar-refractivity contribution is 0.100. The number of halogens is 1. The zero-order chi connectivity index (χ0) is 22.1. The minimum atomic E-state index is -0.808. The summed E-state index contributed by atoms with van der Waals surface area (Å²) in [5.41, 5.74) is 13.4.